The lowest BCUT2D eigenvalue weighted by molar-refractivity contribution is 0.141. The highest BCUT2D eigenvalue weighted by atomic mass is 19.3. The summed E-state index contributed by atoms with van der Waals surface area (Å²) in [6.07, 6.45) is -0.971. The molecule has 1 unspecified atom stereocenters. The molecule has 1 aromatic heterocycles. The van der Waals surface area contributed by atoms with Crippen LogP contribution >= 0.6 is 0 Å². The van der Waals surface area contributed by atoms with Crippen LogP contribution in [-0.2, 0) is 6.42 Å². The molecule has 128 valence electrons. The van der Waals surface area contributed by atoms with Crippen LogP contribution in [0.15, 0.2) is 42.5 Å². The van der Waals surface area contributed by atoms with Crippen molar-refractivity contribution in [2.75, 3.05) is 12.4 Å². The smallest absolute Gasteiger partial charge is 0.297 e. The van der Waals surface area contributed by atoms with Crippen molar-refractivity contribution >= 4 is 16.7 Å². The van der Waals surface area contributed by atoms with Gasteiger partial charge in [-0.1, -0.05) is 24.3 Å². The molecule has 2 aromatic carbocycles. The van der Waals surface area contributed by atoms with E-state index in [4.69, 9.17) is 4.74 Å². The van der Waals surface area contributed by atoms with Gasteiger partial charge in [0.05, 0.1) is 18.7 Å². The normalized spacial score (nSPS) is 16.2. The maximum absolute atomic E-state index is 13.2. The molecule has 0 fully saturated rings. The Morgan fingerprint density at radius 1 is 1.12 bits per heavy atom. The fourth-order valence-corrected chi connectivity index (χ4v) is 3.43. The van der Waals surface area contributed by atoms with Crippen molar-refractivity contribution in [3.63, 3.8) is 0 Å². The third kappa shape index (κ3) is 2.77. The van der Waals surface area contributed by atoms with Crippen LogP contribution < -0.4 is 10.1 Å². The molecule has 1 aliphatic carbocycles. The van der Waals surface area contributed by atoms with Crippen molar-refractivity contribution in [3.8, 4) is 5.75 Å². The second kappa shape index (κ2) is 6.27. The monoisotopic (exact) mass is 341 g/mol. The summed E-state index contributed by atoms with van der Waals surface area (Å²) in [5.41, 5.74) is 2.80. The number of hydrogen-bond acceptors (Lipinski definition) is 4. The van der Waals surface area contributed by atoms with Gasteiger partial charge < -0.3 is 10.1 Å². The minimum absolute atomic E-state index is 0.00827. The molecule has 1 aliphatic rings. The highest BCUT2D eigenvalue weighted by molar-refractivity contribution is 5.89. The van der Waals surface area contributed by atoms with E-state index in [1.807, 2.05) is 30.3 Å². The largest absolute Gasteiger partial charge is 0.496 e. The lowest BCUT2D eigenvalue weighted by atomic mass is 10.1. The average Bonchev–Trinajstić information content (AvgIpc) is 3.04. The van der Waals surface area contributed by atoms with Crippen molar-refractivity contribution in [3.05, 3.63) is 59.4 Å². The molecule has 1 heterocycles. The highest BCUT2D eigenvalue weighted by Crippen LogP contribution is 2.39. The number of nitrogens with zero attached hydrogens (tertiary/aromatic N) is 2. The molecule has 0 aliphatic heterocycles. The van der Waals surface area contributed by atoms with Gasteiger partial charge in [-0.25, -0.2) is 18.7 Å². The van der Waals surface area contributed by atoms with E-state index >= 15 is 0 Å². The van der Waals surface area contributed by atoms with E-state index in [1.54, 1.807) is 19.2 Å². The van der Waals surface area contributed by atoms with Crippen LogP contribution in [0.5, 0.6) is 5.75 Å². The third-order valence-electron chi connectivity index (χ3n) is 4.57. The van der Waals surface area contributed by atoms with Gasteiger partial charge in [-0.3, -0.25) is 0 Å². The Labute approximate surface area is 143 Å². The van der Waals surface area contributed by atoms with Gasteiger partial charge in [0, 0.05) is 5.39 Å². The number of aromatic nitrogens is 2. The van der Waals surface area contributed by atoms with Gasteiger partial charge in [-0.2, -0.15) is 0 Å². The molecular weight excluding hydrogens is 324 g/mol. The first-order valence-corrected chi connectivity index (χ1v) is 8.14. The van der Waals surface area contributed by atoms with Crippen molar-refractivity contribution in [2.24, 2.45) is 0 Å². The molecule has 3 aromatic rings. The Bertz CT molecular complexity index is 930. The Hall–Kier alpha value is -2.76. The minimum Gasteiger partial charge on any atom is -0.496 e. The van der Waals surface area contributed by atoms with Crippen LogP contribution in [-0.4, -0.2) is 17.1 Å². The molecule has 1 N–H and O–H groups in total. The molecule has 0 bridgehead atoms. The molecule has 0 spiro atoms. The topological polar surface area (TPSA) is 47.0 Å². The zero-order chi connectivity index (χ0) is 17.4. The Morgan fingerprint density at radius 3 is 2.76 bits per heavy atom. The quantitative estimate of drug-likeness (QED) is 0.749. The first-order chi connectivity index (χ1) is 12.2. The van der Waals surface area contributed by atoms with Crippen LogP contribution in [0.1, 0.15) is 35.8 Å². The molecule has 0 saturated heterocycles. The number of methoxy groups -OCH3 is 1. The number of ether oxygens (including phenoxy) is 1. The molecule has 25 heavy (non-hydrogen) atoms. The molecule has 0 amide bonds. The fraction of sp³-hybridized carbons (Fsp3) is 0.263. The van der Waals surface area contributed by atoms with Crippen LogP contribution in [0.3, 0.4) is 0 Å². The van der Waals surface area contributed by atoms with Crippen molar-refractivity contribution < 1.29 is 13.5 Å². The lowest BCUT2D eigenvalue weighted by Gasteiger charge is -2.17. The van der Waals surface area contributed by atoms with E-state index in [9.17, 15) is 8.78 Å². The van der Waals surface area contributed by atoms with E-state index in [0.29, 0.717) is 11.3 Å². The molecular formula is C19H17F2N3O. The maximum atomic E-state index is 13.2. The maximum Gasteiger partial charge on any atom is 0.297 e. The van der Waals surface area contributed by atoms with Crippen molar-refractivity contribution in [1.82, 2.24) is 9.97 Å². The molecule has 6 heteroatoms. The number of nitrogens with one attached hydrogen (secondary N) is 1. The highest BCUT2D eigenvalue weighted by Gasteiger charge is 2.26. The van der Waals surface area contributed by atoms with Gasteiger partial charge in [0.2, 0.25) is 0 Å². The summed E-state index contributed by atoms with van der Waals surface area (Å²) < 4.78 is 31.7. The van der Waals surface area contributed by atoms with Gasteiger partial charge >= 0.3 is 0 Å². The zero-order valence-electron chi connectivity index (χ0n) is 13.7. The zero-order valence-corrected chi connectivity index (χ0v) is 13.7. The van der Waals surface area contributed by atoms with Gasteiger partial charge in [-0.15, -0.1) is 0 Å². The average molecular weight is 341 g/mol. The molecule has 4 rings (SSSR count). The predicted octanol–water partition coefficient (Wildman–Crippen LogP) is 4.68. The van der Waals surface area contributed by atoms with E-state index in [2.05, 4.69) is 15.3 Å². The number of fused-ring (bicyclic) bond motifs is 2. The first kappa shape index (κ1) is 15.7. The molecule has 0 saturated carbocycles. The Morgan fingerprint density at radius 2 is 1.96 bits per heavy atom. The summed E-state index contributed by atoms with van der Waals surface area (Å²) in [4.78, 5) is 8.04. The van der Waals surface area contributed by atoms with Crippen LogP contribution in [0.25, 0.3) is 10.9 Å². The first-order valence-electron chi connectivity index (χ1n) is 8.14. The van der Waals surface area contributed by atoms with E-state index in [1.165, 1.54) is 0 Å². The van der Waals surface area contributed by atoms with E-state index < -0.39 is 12.2 Å². The second-order valence-corrected chi connectivity index (χ2v) is 6.01. The number of benzene rings is 2. The summed E-state index contributed by atoms with van der Waals surface area (Å²) in [6.45, 7) is 0. The third-order valence-corrected chi connectivity index (χ3v) is 4.57. The van der Waals surface area contributed by atoms with Gasteiger partial charge in [0.1, 0.15) is 11.6 Å². The Balaban J connectivity index is 1.75. The summed E-state index contributed by atoms with van der Waals surface area (Å²) in [5.74, 6) is 0.856. The van der Waals surface area contributed by atoms with E-state index in [0.717, 1.165) is 35.1 Å². The summed E-state index contributed by atoms with van der Waals surface area (Å²) in [5, 5.41) is 4.09. The van der Waals surface area contributed by atoms with Crippen LogP contribution in [0.2, 0.25) is 0 Å². The number of anilines is 1. The standard InChI is InChI=1S/C19H17F2N3O/c1-25-16-8-4-6-11-12(16)9-10-15(11)22-18-13-5-2-3-7-14(13)23-19(24-18)17(20)21/h2-8,15,17H,9-10H2,1H3,(H,22,23,24). The molecule has 4 nitrogen and oxygen atoms in total. The predicted molar refractivity (Wildman–Crippen MR) is 92.2 cm³/mol. The van der Waals surface area contributed by atoms with Gasteiger partial charge in [-0.05, 0) is 42.2 Å². The fourth-order valence-electron chi connectivity index (χ4n) is 3.43. The number of rotatable bonds is 4. The van der Waals surface area contributed by atoms with Crippen LogP contribution in [0.4, 0.5) is 14.6 Å². The minimum atomic E-state index is -2.71. The van der Waals surface area contributed by atoms with Gasteiger partial charge in [0.25, 0.3) is 6.43 Å². The summed E-state index contributed by atoms with van der Waals surface area (Å²) in [6, 6.07) is 13.1. The van der Waals surface area contributed by atoms with Gasteiger partial charge in [0.15, 0.2) is 5.82 Å². The van der Waals surface area contributed by atoms with Crippen LogP contribution in [0, 0.1) is 0 Å². The lowest BCUT2D eigenvalue weighted by Crippen LogP contribution is -2.11. The number of hydrogen-bond donors (Lipinski definition) is 1. The number of halogens is 2. The number of para-hydroxylation sites is 1. The summed E-state index contributed by atoms with van der Waals surface area (Å²) in [7, 11) is 1.66. The number of alkyl halides is 2. The second-order valence-electron chi connectivity index (χ2n) is 6.01. The summed E-state index contributed by atoms with van der Waals surface area (Å²) >= 11 is 0. The molecule has 1 atom stereocenters. The SMILES string of the molecule is COc1cccc2c1CCC2Nc1nc(C(F)F)nc2ccccc12. The van der Waals surface area contributed by atoms with Crippen molar-refractivity contribution in [1.29, 1.82) is 0 Å². The van der Waals surface area contributed by atoms with E-state index in [-0.39, 0.29) is 6.04 Å². The van der Waals surface area contributed by atoms with Crippen molar-refractivity contribution in [2.45, 2.75) is 25.3 Å². The molecule has 0 radical (unpaired) electrons. The Kier molecular flexibility index (Phi) is 3.95.